The largest absolute Gasteiger partial charge is 0.465 e. The molecule has 112 valence electrons. The van der Waals surface area contributed by atoms with Crippen molar-refractivity contribution in [1.82, 2.24) is 0 Å². The molecule has 19 heavy (non-hydrogen) atoms. The first kappa shape index (κ1) is 17.9. The number of aliphatic hydroxyl groups is 1. The van der Waals surface area contributed by atoms with Gasteiger partial charge in [0.2, 0.25) is 0 Å². The van der Waals surface area contributed by atoms with Crippen molar-refractivity contribution >= 4 is 11.9 Å². The fourth-order valence-corrected chi connectivity index (χ4v) is 2.21. The van der Waals surface area contributed by atoms with Crippen LogP contribution in [0.2, 0.25) is 0 Å². The predicted octanol–water partition coefficient (Wildman–Crippen LogP) is 1.92. The number of hydrogen-bond donors (Lipinski definition) is 1. The van der Waals surface area contributed by atoms with E-state index in [1.807, 2.05) is 6.92 Å². The number of carbonyl (C=O) groups is 2. The molecule has 0 saturated carbocycles. The molecular weight excluding hydrogens is 248 g/mol. The van der Waals surface area contributed by atoms with Crippen LogP contribution in [0.4, 0.5) is 0 Å². The maximum absolute atomic E-state index is 12.3. The minimum Gasteiger partial charge on any atom is -0.465 e. The van der Waals surface area contributed by atoms with Gasteiger partial charge in [-0.1, -0.05) is 20.3 Å². The van der Waals surface area contributed by atoms with Crippen LogP contribution in [0.3, 0.4) is 0 Å². The van der Waals surface area contributed by atoms with Crippen LogP contribution in [0.5, 0.6) is 0 Å². The second-order valence-corrected chi connectivity index (χ2v) is 4.69. The lowest BCUT2D eigenvalue weighted by molar-refractivity contribution is -0.180. The molecule has 0 rings (SSSR count). The summed E-state index contributed by atoms with van der Waals surface area (Å²) in [6.07, 6.45) is 0.117. The summed E-state index contributed by atoms with van der Waals surface area (Å²) in [5, 5.41) is 9.80. The standard InChI is InChI=1S/C14H26O5/c1-6-9-14(10(4)11(5)15,12(16)18-7-2)13(17)19-8-3/h10-11,15H,6-9H2,1-5H3. The second-order valence-electron chi connectivity index (χ2n) is 4.69. The van der Waals surface area contributed by atoms with Gasteiger partial charge in [0.25, 0.3) is 0 Å². The third-order valence-electron chi connectivity index (χ3n) is 3.42. The first-order valence-electron chi connectivity index (χ1n) is 6.90. The first-order chi connectivity index (χ1) is 8.88. The van der Waals surface area contributed by atoms with Gasteiger partial charge in [-0.3, -0.25) is 9.59 Å². The molecule has 0 amide bonds. The van der Waals surface area contributed by atoms with E-state index >= 15 is 0 Å². The van der Waals surface area contributed by atoms with Gasteiger partial charge in [0.1, 0.15) is 0 Å². The van der Waals surface area contributed by atoms with Crippen molar-refractivity contribution in [2.24, 2.45) is 11.3 Å². The molecular formula is C14H26O5. The molecule has 5 heteroatoms. The molecule has 5 nitrogen and oxygen atoms in total. The zero-order valence-electron chi connectivity index (χ0n) is 12.6. The first-order valence-corrected chi connectivity index (χ1v) is 6.90. The monoisotopic (exact) mass is 274 g/mol. The Morgan fingerprint density at radius 2 is 1.47 bits per heavy atom. The smallest absolute Gasteiger partial charge is 0.323 e. The van der Waals surface area contributed by atoms with E-state index in [1.165, 1.54) is 0 Å². The Labute approximate surface area is 115 Å². The summed E-state index contributed by atoms with van der Waals surface area (Å²) in [5.74, 6) is -1.78. The normalized spacial score (nSPS) is 14.6. The molecule has 0 bridgehead atoms. The lowest BCUT2D eigenvalue weighted by Gasteiger charge is -2.35. The van der Waals surface area contributed by atoms with Crippen LogP contribution in [0, 0.1) is 11.3 Å². The third-order valence-corrected chi connectivity index (χ3v) is 3.42. The Morgan fingerprint density at radius 1 is 1.05 bits per heavy atom. The molecule has 0 aromatic heterocycles. The van der Waals surface area contributed by atoms with Crippen LogP contribution in [0.1, 0.15) is 47.5 Å². The summed E-state index contributed by atoms with van der Waals surface area (Å²) < 4.78 is 10.1. The van der Waals surface area contributed by atoms with Crippen molar-refractivity contribution < 1.29 is 24.2 Å². The quantitative estimate of drug-likeness (QED) is 0.540. The average Bonchev–Trinajstić information content (AvgIpc) is 2.35. The van der Waals surface area contributed by atoms with Gasteiger partial charge in [-0.2, -0.15) is 0 Å². The number of hydrogen-bond acceptors (Lipinski definition) is 5. The zero-order valence-corrected chi connectivity index (χ0v) is 12.6. The summed E-state index contributed by atoms with van der Waals surface area (Å²) in [5.41, 5.74) is -1.42. The lowest BCUT2D eigenvalue weighted by atomic mass is 9.70. The highest BCUT2D eigenvalue weighted by molar-refractivity contribution is 6.00. The van der Waals surface area contributed by atoms with Crippen LogP contribution in [-0.2, 0) is 19.1 Å². The Morgan fingerprint density at radius 3 is 1.74 bits per heavy atom. The number of carbonyl (C=O) groups excluding carboxylic acids is 2. The van der Waals surface area contributed by atoms with E-state index in [-0.39, 0.29) is 13.2 Å². The molecule has 0 radical (unpaired) electrons. The Balaban J connectivity index is 5.58. The summed E-state index contributed by atoms with van der Waals surface area (Å²) in [6, 6.07) is 0. The fraction of sp³-hybridized carbons (Fsp3) is 0.857. The molecule has 2 unspecified atom stereocenters. The number of rotatable bonds is 8. The summed E-state index contributed by atoms with van der Waals surface area (Å²) in [6.45, 7) is 8.87. The van der Waals surface area contributed by atoms with E-state index in [2.05, 4.69) is 0 Å². The van der Waals surface area contributed by atoms with Crippen LogP contribution in [0.25, 0.3) is 0 Å². The van der Waals surface area contributed by atoms with E-state index < -0.39 is 29.4 Å². The molecule has 0 aliphatic rings. The van der Waals surface area contributed by atoms with E-state index in [0.717, 1.165) is 0 Å². The number of esters is 2. The predicted molar refractivity (Wildman–Crippen MR) is 71.5 cm³/mol. The van der Waals surface area contributed by atoms with E-state index in [1.54, 1.807) is 27.7 Å². The maximum atomic E-state index is 12.3. The van der Waals surface area contributed by atoms with Gasteiger partial charge in [0, 0.05) is 5.92 Å². The minimum atomic E-state index is -1.42. The van der Waals surface area contributed by atoms with Crippen molar-refractivity contribution in [2.45, 2.75) is 53.6 Å². The van der Waals surface area contributed by atoms with Crippen LogP contribution >= 0.6 is 0 Å². The molecule has 0 aliphatic heterocycles. The second kappa shape index (κ2) is 8.15. The average molecular weight is 274 g/mol. The zero-order chi connectivity index (χ0) is 15.1. The van der Waals surface area contributed by atoms with Crippen molar-refractivity contribution in [2.75, 3.05) is 13.2 Å². The Hall–Kier alpha value is -1.10. The molecule has 0 aromatic carbocycles. The third kappa shape index (κ3) is 3.93. The molecule has 0 saturated heterocycles. The maximum Gasteiger partial charge on any atom is 0.323 e. The van der Waals surface area contributed by atoms with Crippen molar-refractivity contribution in [3.05, 3.63) is 0 Å². The van der Waals surface area contributed by atoms with Gasteiger partial charge >= 0.3 is 11.9 Å². The van der Waals surface area contributed by atoms with Crippen LogP contribution < -0.4 is 0 Å². The molecule has 0 aromatic rings. The number of aliphatic hydroxyl groups excluding tert-OH is 1. The van der Waals surface area contributed by atoms with Gasteiger partial charge in [-0.15, -0.1) is 0 Å². The van der Waals surface area contributed by atoms with Gasteiger partial charge in [-0.05, 0) is 27.2 Å². The molecule has 0 aliphatic carbocycles. The van der Waals surface area contributed by atoms with E-state index in [0.29, 0.717) is 12.8 Å². The lowest BCUT2D eigenvalue weighted by Crippen LogP contribution is -2.50. The van der Waals surface area contributed by atoms with Gasteiger partial charge in [0.05, 0.1) is 19.3 Å². The van der Waals surface area contributed by atoms with Crippen molar-refractivity contribution in [1.29, 1.82) is 0 Å². The summed E-state index contributed by atoms with van der Waals surface area (Å²) >= 11 is 0. The minimum absolute atomic E-state index is 0.191. The topological polar surface area (TPSA) is 72.8 Å². The summed E-state index contributed by atoms with van der Waals surface area (Å²) in [4.78, 5) is 24.6. The van der Waals surface area contributed by atoms with E-state index in [9.17, 15) is 14.7 Å². The van der Waals surface area contributed by atoms with Crippen LogP contribution in [0.15, 0.2) is 0 Å². The highest BCUT2D eigenvalue weighted by Crippen LogP contribution is 2.38. The SMILES string of the molecule is CCCC(C(=O)OCC)(C(=O)OCC)C(C)C(C)O. The summed E-state index contributed by atoms with van der Waals surface area (Å²) in [7, 11) is 0. The van der Waals surface area contributed by atoms with Gasteiger partial charge in [-0.25, -0.2) is 0 Å². The van der Waals surface area contributed by atoms with Crippen LogP contribution in [-0.4, -0.2) is 36.4 Å². The Kier molecular flexibility index (Phi) is 7.68. The molecule has 2 atom stereocenters. The molecule has 0 fully saturated rings. The molecule has 0 spiro atoms. The fourth-order valence-electron chi connectivity index (χ4n) is 2.21. The van der Waals surface area contributed by atoms with Gasteiger partial charge in [0.15, 0.2) is 5.41 Å². The van der Waals surface area contributed by atoms with Crippen molar-refractivity contribution in [3.63, 3.8) is 0 Å². The van der Waals surface area contributed by atoms with Gasteiger partial charge < -0.3 is 14.6 Å². The highest BCUT2D eigenvalue weighted by Gasteiger charge is 2.53. The van der Waals surface area contributed by atoms with E-state index in [4.69, 9.17) is 9.47 Å². The Bertz CT molecular complexity index is 280. The molecule has 1 N–H and O–H groups in total. The highest BCUT2D eigenvalue weighted by atomic mass is 16.6. The number of ether oxygens (including phenoxy) is 2. The van der Waals surface area contributed by atoms with Crippen molar-refractivity contribution in [3.8, 4) is 0 Å². The molecule has 0 heterocycles.